The molecule has 0 fully saturated rings. The van der Waals surface area contributed by atoms with Crippen molar-refractivity contribution in [3.63, 3.8) is 0 Å². The van der Waals surface area contributed by atoms with Crippen molar-refractivity contribution < 1.29 is 14.3 Å². The molecule has 1 amide bonds. The fourth-order valence-electron chi connectivity index (χ4n) is 3.68. The molecule has 1 N–H and O–H groups in total. The van der Waals surface area contributed by atoms with E-state index in [4.69, 9.17) is 9.47 Å². The molecule has 2 aromatic rings. The van der Waals surface area contributed by atoms with Gasteiger partial charge in [-0.05, 0) is 69.9 Å². The molecule has 0 bridgehead atoms. The Hall–Kier alpha value is -2.49. The molecule has 0 saturated heterocycles. The van der Waals surface area contributed by atoms with Gasteiger partial charge in [-0.1, -0.05) is 31.2 Å². The van der Waals surface area contributed by atoms with E-state index >= 15 is 0 Å². The minimum absolute atomic E-state index is 0.0855. The Balaban J connectivity index is 1.80. The van der Waals surface area contributed by atoms with Crippen LogP contribution in [0.15, 0.2) is 36.4 Å². The molecule has 150 valence electrons. The van der Waals surface area contributed by atoms with Gasteiger partial charge in [-0.2, -0.15) is 0 Å². The molecule has 0 radical (unpaired) electrons. The molecule has 0 unspecified atom stereocenters. The minimum Gasteiger partial charge on any atom is -0.487 e. The van der Waals surface area contributed by atoms with Gasteiger partial charge in [0.05, 0.1) is 6.04 Å². The number of hydrogen-bond acceptors (Lipinski definition) is 3. The molecule has 0 saturated carbocycles. The van der Waals surface area contributed by atoms with Crippen LogP contribution >= 0.6 is 0 Å². The molecule has 2 aromatic carbocycles. The summed E-state index contributed by atoms with van der Waals surface area (Å²) in [6, 6.07) is 12.0. The smallest absolute Gasteiger partial charge is 0.261 e. The zero-order chi connectivity index (χ0) is 20.5. The van der Waals surface area contributed by atoms with Gasteiger partial charge in [0.2, 0.25) is 0 Å². The van der Waals surface area contributed by atoms with E-state index in [0.29, 0.717) is 12.8 Å². The Bertz CT molecular complexity index is 872. The van der Waals surface area contributed by atoms with Gasteiger partial charge in [0.25, 0.3) is 5.91 Å². The molecule has 4 heteroatoms. The lowest BCUT2D eigenvalue weighted by atomic mass is 9.89. The Kier molecular flexibility index (Phi) is 5.69. The quantitative estimate of drug-likeness (QED) is 0.775. The number of nitrogens with one attached hydrogen (secondary N) is 1. The van der Waals surface area contributed by atoms with Crippen LogP contribution in [0.2, 0.25) is 0 Å². The van der Waals surface area contributed by atoms with Crippen LogP contribution in [0.5, 0.6) is 11.5 Å². The summed E-state index contributed by atoms with van der Waals surface area (Å²) in [5, 5.41) is 3.21. The van der Waals surface area contributed by atoms with E-state index in [9.17, 15) is 4.79 Å². The van der Waals surface area contributed by atoms with Crippen molar-refractivity contribution in [2.45, 2.75) is 72.1 Å². The number of fused-ring (bicyclic) bond motifs is 1. The maximum Gasteiger partial charge on any atom is 0.261 e. The summed E-state index contributed by atoms with van der Waals surface area (Å²) in [5.74, 6) is 1.54. The highest BCUT2D eigenvalue weighted by molar-refractivity contribution is 5.81. The van der Waals surface area contributed by atoms with Crippen molar-refractivity contribution in [3.05, 3.63) is 58.7 Å². The fourth-order valence-corrected chi connectivity index (χ4v) is 3.68. The Morgan fingerprint density at radius 2 is 2.00 bits per heavy atom. The third kappa shape index (κ3) is 4.32. The lowest BCUT2D eigenvalue weighted by Gasteiger charge is -2.38. The summed E-state index contributed by atoms with van der Waals surface area (Å²) in [6.07, 6.45) is 0.793. The van der Waals surface area contributed by atoms with Crippen LogP contribution in [-0.2, 0) is 4.79 Å². The Morgan fingerprint density at radius 3 is 2.71 bits per heavy atom. The van der Waals surface area contributed by atoms with Gasteiger partial charge in [0.15, 0.2) is 6.10 Å². The van der Waals surface area contributed by atoms with Crippen molar-refractivity contribution in [1.29, 1.82) is 0 Å². The summed E-state index contributed by atoms with van der Waals surface area (Å²) in [5.41, 5.74) is 4.06. The van der Waals surface area contributed by atoms with Crippen molar-refractivity contribution in [2.75, 3.05) is 0 Å². The molecule has 28 heavy (non-hydrogen) atoms. The van der Waals surface area contributed by atoms with Crippen LogP contribution in [-0.4, -0.2) is 17.6 Å². The number of amides is 1. The number of benzene rings is 2. The Labute approximate surface area is 168 Å². The predicted octanol–water partition coefficient (Wildman–Crippen LogP) is 5.19. The summed E-state index contributed by atoms with van der Waals surface area (Å²) < 4.78 is 12.2. The second-order valence-corrected chi connectivity index (χ2v) is 8.38. The zero-order valence-electron chi connectivity index (χ0n) is 17.8. The number of carbonyl (C=O) groups excluding carboxylic acids is 1. The first-order valence-electron chi connectivity index (χ1n) is 10.0. The summed E-state index contributed by atoms with van der Waals surface area (Å²) in [4.78, 5) is 13.1. The second-order valence-electron chi connectivity index (χ2n) is 8.38. The topological polar surface area (TPSA) is 47.6 Å². The van der Waals surface area contributed by atoms with Gasteiger partial charge >= 0.3 is 0 Å². The highest BCUT2D eigenvalue weighted by Gasteiger charge is 2.35. The normalized spacial score (nSPS) is 18.6. The molecule has 3 rings (SSSR count). The average molecular weight is 382 g/mol. The van der Waals surface area contributed by atoms with E-state index in [-0.39, 0.29) is 17.6 Å². The summed E-state index contributed by atoms with van der Waals surface area (Å²) >= 11 is 0. The van der Waals surface area contributed by atoms with Gasteiger partial charge in [-0.25, -0.2) is 0 Å². The third-order valence-electron chi connectivity index (χ3n) is 5.43. The van der Waals surface area contributed by atoms with Crippen LogP contribution in [0, 0.1) is 20.8 Å². The number of ether oxygens (including phenoxy) is 2. The van der Waals surface area contributed by atoms with Gasteiger partial charge in [0, 0.05) is 12.0 Å². The van der Waals surface area contributed by atoms with E-state index in [1.54, 1.807) is 0 Å². The van der Waals surface area contributed by atoms with Crippen LogP contribution in [0.4, 0.5) is 0 Å². The van der Waals surface area contributed by atoms with Crippen LogP contribution in [0.25, 0.3) is 0 Å². The van der Waals surface area contributed by atoms with Crippen molar-refractivity contribution in [1.82, 2.24) is 5.32 Å². The lowest BCUT2D eigenvalue weighted by molar-refractivity contribution is -0.129. The van der Waals surface area contributed by atoms with E-state index in [1.165, 1.54) is 0 Å². The molecule has 2 atom stereocenters. The maximum atomic E-state index is 13.1. The monoisotopic (exact) mass is 381 g/mol. The van der Waals surface area contributed by atoms with Gasteiger partial charge in [0.1, 0.15) is 17.1 Å². The standard InChI is InChI=1S/C24H31NO3/c1-7-20(27-21-10-8-9-16(3)17(21)4)23(26)25-19-14-24(5,6)28-22-13-15(2)11-12-18(19)22/h8-13,19-20H,7,14H2,1-6H3,(H,25,26)/t19-,20+/m1/s1. The number of hydrogen-bond donors (Lipinski definition) is 1. The number of carbonyl (C=O) groups is 1. The molecule has 1 heterocycles. The minimum atomic E-state index is -0.527. The lowest BCUT2D eigenvalue weighted by Crippen LogP contribution is -2.45. The maximum absolute atomic E-state index is 13.1. The molecule has 0 aliphatic carbocycles. The molecule has 0 spiro atoms. The van der Waals surface area contributed by atoms with E-state index in [1.807, 2.05) is 52.0 Å². The largest absolute Gasteiger partial charge is 0.487 e. The molecule has 4 nitrogen and oxygen atoms in total. The molecule has 1 aliphatic heterocycles. The number of rotatable bonds is 5. The van der Waals surface area contributed by atoms with Gasteiger partial charge < -0.3 is 14.8 Å². The zero-order valence-corrected chi connectivity index (χ0v) is 17.8. The first-order chi connectivity index (χ1) is 13.2. The van der Waals surface area contributed by atoms with Crippen molar-refractivity contribution >= 4 is 5.91 Å². The SMILES string of the molecule is CC[C@H](Oc1cccc(C)c1C)C(=O)N[C@@H]1CC(C)(C)Oc2cc(C)ccc21. The molecular weight excluding hydrogens is 350 g/mol. The van der Waals surface area contributed by atoms with Crippen molar-refractivity contribution in [3.8, 4) is 11.5 Å². The molecule has 0 aromatic heterocycles. The van der Waals surface area contributed by atoms with Crippen LogP contribution in [0.3, 0.4) is 0 Å². The van der Waals surface area contributed by atoms with Crippen LogP contribution in [0.1, 0.15) is 61.9 Å². The van der Waals surface area contributed by atoms with E-state index in [2.05, 4.69) is 31.3 Å². The van der Waals surface area contributed by atoms with Gasteiger partial charge in [-0.15, -0.1) is 0 Å². The highest BCUT2D eigenvalue weighted by Crippen LogP contribution is 2.40. The predicted molar refractivity (Wildman–Crippen MR) is 112 cm³/mol. The van der Waals surface area contributed by atoms with Crippen LogP contribution < -0.4 is 14.8 Å². The molecular formula is C24H31NO3. The fraction of sp³-hybridized carbons (Fsp3) is 0.458. The average Bonchev–Trinajstić information content (AvgIpc) is 2.61. The first kappa shape index (κ1) is 20.2. The third-order valence-corrected chi connectivity index (χ3v) is 5.43. The Morgan fingerprint density at radius 1 is 1.25 bits per heavy atom. The van der Waals surface area contributed by atoms with Crippen molar-refractivity contribution in [2.24, 2.45) is 0 Å². The number of aryl methyl sites for hydroxylation is 2. The summed E-state index contributed by atoms with van der Waals surface area (Å²) in [7, 11) is 0. The van der Waals surface area contributed by atoms with E-state index < -0.39 is 6.10 Å². The van der Waals surface area contributed by atoms with Gasteiger partial charge in [-0.3, -0.25) is 4.79 Å². The summed E-state index contributed by atoms with van der Waals surface area (Å²) in [6.45, 7) is 12.2. The highest BCUT2D eigenvalue weighted by atomic mass is 16.5. The molecule has 1 aliphatic rings. The van der Waals surface area contributed by atoms with E-state index in [0.717, 1.165) is 33.8 Å². The first-order valence-corrected chi connectivity index (χ1v) is 10.0. The second kappa shape index (κ2) is 7.86.